The molecular weight excluding hydrogens is 214 g/mol. The van der Waals surface area contributed by atoms with E-state index in [1.54, 1.807) is 25.3 Å². The Balaban J connectivity index is 2.75. The Morgan fingerprint density at radius 2 is 2.20 bits per heavy atom. The predicted octanol–water partition coefficient (Wildman–Crippen LogP) is 2.57. The van der Waals surface area contributed by atoms with Crippen LogP contribution >= 0.6 is 11.6 Å². The van der Waals surface area contributed by atoms with Crippen LogP contribution < -0.4 is 9.47 Å². The van der Waals surface area contributed by atoms with Crippen molar-refractivity contribution in [3.8, 4) is 17.6 Å². The van der Waals surface area contributed by atoms with Gasteiger partial charge in [-0.3, -0.25) is 0 Å². The van der Waals surface area contributed by atoms with Gasteiger partial charge in [0.25, 0.3) is 0 Å². The fourth-order valence-electron chi connectivity index (χ4n) is 1.09. The molecule has 0 bridgehead atoms. The SMILES string of the molecule is COc1cc(C#N)ccc1OCCCCl. The van der Waals surface area contributed by atoms with Gasteiger partial charge in [0.15, 0.2) is 11.5 Å². The van der Waals surface area contributed by atoms with Gasteiger partial charge in [-0.1, -0.05) is 0 Å². The molecule has 0 unspecified atom stereocenters. The highest BCUT2D eigenvalue weighted by atomic mass is 35.5. The van der Waals surface area contributed by atoms with Crippen molar-refractivity contribution in [3.05, 3.63) is 23.8 Å². The van der Waals surface area contributed by atoms with Crippen molar-refractivity contribution in [2.24, 2.45) is 0 Å². The van der Waals surface area contributed by atoms with E-state index in [0.29, 0.717) is 29.5 Å². The van der Waals surface area contributed by atoms with E-state index >= 15 is 0 Å². The van der Waals surface area contributed by atoms with E-state index in [1.807, 2.05) is 6.07 Å². The molecule has 0 atom stereocenters. The molecule has 0 aliphatic rings. The van der Waals surface area contributed by atoms with Crippen molar-refractivity contribution in [2.75, 3.05) is 19.6 Å². The van der Waals surface area contributed by atoms with Gasteiger partial charge < -0.3 is 9.47 Å². The Bertz CT molecular complexity index is 360. The lowest BCUT2D eigenvalue weighted by atomic mass is 10.2. The summed E-state index contributed by atoms with van der Waals surface area (Å²) in [6, 6.07) is 7.11. The summed E-state index contributed by atoms with van der Waals surface area (Å²) in [4.78, 5) is 0. The maximum Gasteiger partial charge on any atom is 0.162 e. The van der Waals surface area contributed by atoms with E-state index < -0.39 is 0 Å². The van der Waals surface area contributed by atoms with Crippen molar-refractivity contribution >= 4 is 11.6 Å². The molecule has 0 aliphatic carbocycles. The second kappa shape index (κ2) is 6.15. The minimum atomic E-state index is 0.547. The van der Waals surface area contributed by atoms with Crippen molar-refractivity contribution in [1.82, 2.24) is 0 Å². The van der Waals surface area contributed by atoms with Crippen LogP contribution in [-0.4, -0.2) is 19.6 Å². The summed E-state index contributed by atoms with van der Waals surface area (Å²) in [6.45, 7) is 0.547. The molecule has 1 aromatic carbocycles. The third-order valence-corrected chi connectivity index (χ3v) is 2.10. The minimum absolute atomic E-state index is 0.547. The molecule has 4 heteroatoms. The molecule has 0 fully saturated rings. The molecule has 0 aromatic heterocycles. The van der Waals surface area contributed by atoms with Crippen molar-refractivity contribution in [2.45, 2.75) is 6.42 Å². The molecule has 1 rings (SSSR count). The number of benzene rings is 1. The second-order valence-electron chi connectivity index (χ2n) is 2.87. The van der Waals surface area contributed by atoms with E-state index in [1.165, 1.54) is 0 Å². The summed E-state index contributed by atoms with van der Waals surface area (Å²) in [5.41, 5.74) is 0.552. The van der Waals surface area contributed by atoms with E-state index in [0.717, 1.165) is 6.42 Å². The van der Waals surface area contributed by atoms with Gasteiger partial charge in [0.2, 0.25) is 0 Å². The van der Waals surface area contributed by atoms with E-state index in [4.69, 9.17) is 26.3 Å². The Kier molecular flexibility index (Phi) is 4.79. The Morgan fingerprint density at radius 3 is 2.80 bits per heavy atom. The van der Waals surface area contributed by atoms with E-state index in [2.05, 4.69) is 0 Å². The molecule has 0 saturated heterocycles. The number of nitrogens with zero attached hydrogens (tertiary/aromatic N) is 1. The topological polar surface area (TPSA) is 42.2 Å². The average molecular weight is 226 g/mol. The summed E-state index contributed by atoms with van der Waals surface area (Å²) in [5, 5.41) is 8.70. The van der Waals surface area contributed by atoms with Gasteiger partial charge in [0, 0.05) is 11.9 Å². The molecule has 0 spiro atoms. The highest BCUT2D eigenvalue weighted by Crippen LogP contribution is 2.27. The molecule has 0 heterocycles. The molecule has 0 saturated carbocycles. The highest BCUT2D eigenvalue weighted by Gasteiger charge is 2.04. The number of halogens is 1. The third kappa shape index (κ3) is 3.34. The molecule has 3 nitrogen and oxygen atoms in total. The first-order chi connectivity index (χ1) is 7.31. The third-order valence-electron chi connectivity index (χ3n) is 1.83. The lowest BCUT2D eigenvalue weighted by Gasteiger charge is -2.09. The lowest BCUT2D eigenvalue weighted by Crippen LogP contribution is -1.99. The van der Waals surface area contributed by atoms with Crippen LogP contribution in [0.3, 0.4) is 0 Å². The monoisotopic (exact) mass is 225 g/mol. The molecular formula is C11H12ClNO2. The summed E-state index contributed by atoms with van der Waals surface area (Å²) < 4.78 is 10.6. The quantitative estimate of drug-likeness (QED) is 0.571. The number of ether oxygens (including phenoxy) is 2. The van der Waals surface area contributed by atoms with Crippen LogP contribution in [0, 0.1) is 11.3 Å². The Morgan fingerprint density at radius 1 is 1.40 bits per heavy atom. The number of alkyl halides is 1. The Labute approximate surface area is 94.2 Å². The van der Waals surface area contributed by atoms with Gasteiger partial charge in [0.1, 0.15) is 0 Å². The predicted molar refractivity (Wildman–Crippen MR) is 58.5 cm³/mol. The summed E-state index contributed by atoms with van der Waals surface area (Å²) >= 11 is 5.53. The van der Waals surface area contributed by atoms with Crippen LogP contribution in [-0.2, 0) is 0 Å². The van der Waals surface area contributed by atoms with Gasteiger partial charge >= 0.3 is 0 Å². The lowest BCUT2D eigenvalue weighted by molar-refractivity contribution is 0.295. The van der Waals surface area contributed by atoms with Crippen LogP contribution in [0.4, 0.5) is 0 Å². The van der Waals surface area contributed by atoms with Gasteiger partial charge in [-0.05, 0) is 18.6 Å². The van der Waals surface area contributed by atoms with Crippen LogP contribution in [0.1, 0.15) is 12.0 Å². The first-order valence-electron chi connectivity index (χ1n) is 4.58. The maximum atomic E-state index is 8.70. The molecule has 80 valence electrons. The van der Waals surface area contributed by atoms with Gasteiger partial charge in [-0.2, -0.15) is 5.26 Å². The van der Waals surface area contributed by atoms with Gasteiger partial charge in [-0.25, -0.2) is 0 Å². The fraction of sp³-hybridized carbons (Fsp3) is 0.364. The second-order valence-corrected chi connectivity index (χ2v) is 3.25. The summed E-state index contributed by atoms with van der Waals surface area (Å²) in [6.07, 6.45) is 0.782. The smallest absolute Gasteiger partial charge is 0.162 e. The van der Waals surface area contributed by atoms with Crippen LogP contribution in [0.2, 0.25) is 0 Å². The van der Waals surface area contributed by atoms with E-state index in [-0.39, 0.29) is 0 Å². The molecule has 15 heavy (non-hydrogen) atoms. The van der Waals surface area contributed by atoms with Crippen LogP contribution in [0.5, 0.6) is 11.5 Å². The zero-order chi connectivity index (χ0) is 11.1. The van der Waals surface area contributed by atoms with E-state index in [9.17, 15) is 0 Å². The normalized spacial score (nSPS) is 9.40. The molecule has 0 amide bonds. The maximum absolute atomic E-state index is 8.70. The van der Waals surface area contributed by atoms with Crippen molar-refractivity contribution in [1.29, 1.82) is 5.26 Å². The van der Waals surface area contributed by atoms with Crippen LogP contribution in [0.15, 0.2) is 18.2 Å². The molecule has 0 N–H and O–H groups in total. The fourth-order valence-corrected chi connectivity index (χ4v) is 1.20. The standard InChI is InChI=1S/C11H12ClNO2/c1-14-11-7-9(8-13)3-4-10(11)15-6-2-5-12/h3-4,7H,2,5-6H2,1H3. The summed E-state index contributed by atoms with van der Waals surface area (Å²) in [7, 11) is 1.55. The molecule has 0 radical (unpaired) electrons. The average Bonchev–Trinajstić information content (AvgIpc) is 2.29. The van der Waals surface area contributed by atoms with Crippen LogP contribution in [0.25, 0.3) is 0 Å². The molecule has 0 aliphatic heterocycles. The zero-order valence-electron chi connectivity index (χ0n) is 8.50. The van der Waals surface area contributed by atoms with Crippen molar-refractivity contribution in [3.63, 3.8) is 0 Å². The largest absolute Gasteiger partial charge is 0.493 e. The van der Waals surface area contributed by atoms with Gasteiger partial charge in [0.05, 0.1) is 25.3 Å². The number of nitriles is 1. The molecule has 1 aromatic rings. The zero-order valence-corrected chi connectivity index (χ0v) is 9.25. The minimum Gasteiger partial charge on any atom is -0.493 e. The number of hydrogen-bond donors (Lipinski definition) is 0. The Hall–Kier alpha value is -1.40. The van der Waals surface area contributed by atoms with Crippen molar-refractivity contribution < 1.29 is 9.47 Å². The first kappa shape index (κ1) is 11.7. The number of methoxy groups -OCH3 is 1. The first-order valence-corrected chi connectivity index (χ1v) is 5.12. The summed E-state index contributed by atoms with van der Waals surface area (Å²) in [5.74, 6) is 1.78. The van der Waals surface area contributed by atoms with Gasteiger partial charge in [-0.15, -0.1) is 11.6 Å². The highest BCUT2D eigenvalue weighted by molar-refractivity contribution is 6.17. The number of rotatable bonds is 5. The number of hydrogen-bond acceptors (Lipinski definition) is 3.